The molecule has 1 fully saturated rings. The predicted octanol–water partition coefficient (Wildman–Crippen LogP) is 3.15. The minimum Gasteiger partial charge on any atom is -0.383 e. The molecule has 0 radical (unpaired) electrons. The van der Waals surface area contributed by atoms with Gasteiger partial charge in [0.1, 0.15) is 0 Å². The molecule has 0 aromatic heterocycles. The summed E-state index contributed by atoms with van der Waals surface area (Å²) in [6.45, 7) is 8.15. The lowest BCUT2D eigenvalue weighted by atomic mass is 9.78. The van der Waals surface area contributed by atoms with Gasteiger partial charge in [0.25, 0.3) is 0 Å². The topological polar surface area (TPSA) is 59.6 Å². The average molecular weight is 397 g/mol. The first-order valence-electron chi connectivity index (χ1n) is 7.53. The maximum Gasteiger partial charge on any atom is 0.188 e. The number of hydrogen-bond acceptors (Lipinski definition) is 2. The zero-order valence-corrected chi connectivity index (χ0v) is 15.8. The molecule has 1 rings (SSSR count). The number of nitrogens with one attached hydrogen (secondary N) is 1. The summed E-state index contributed by atoms with van der Waals surface area (Å²) in [7, 11) is 1.70. The van der Waals surface area contributed by atoms with E-state index in [-0.39, 0.29) is 30.0 Å². The molecule has 0 spiro atoms. The third-order valence-corrected chi connectivity index (χ3v) is 3.90. The normalized spacial score (nSPS) is 19.8. The SMILES string of the molecule is COCC(C)NC(N)=NCC1(CC(C)C)CCCC1.I. The zero-order chi connectivity index (χ0) is 14.3. The Labute approximate surface area is 141 Å². The van der Waals surface area contributed by atoms with Gasteiger partial charge in [-0.25, -0.2) is 0 Å². The smallest absolute Gasteiger partial charge is 0.188 e. The van der Waals surface area contributed by atoms with Crippen LogP contribution in [0.1, 0.15) is 52.9 Å². The zero-order valence-electron chi connectivity index (χ0n) is 13.4. The number of methoxy groups -OCH3 is 1. The average Bonchev–Trinajstić information content (AvgIpc) is 2.75. The maximum absolute atomic E-state index is 5.96. The molecule has 1 unspecified atom stereocenters. The van der Waals surface area contributed by atoms with Crippen LogP contribution in [0.25, 0.3) is 0 Å². The first-order valence-corrected chi connectivity index (χ1v) is 7.53. The lowest BCUT2D eigenvalue weighted by Crippen LogP contribution is -2.41. The third kappa shape index (κ3) is 7.11. The number of ether oxygens (including phenoxy) is 1. The fourth-order valence-corrected chi connectivity index (χ4v) is 3.26. The summed E-state index contributed by atoms with van der Waals surface area (Å²) in [5, 5.41) is 3.18. The minimum atomic E-state index is 0. The number of nitrogens with two attached hydrogens (primary N) is 1. The van der Waals surface area contributed by atoms with Gasteiger partial charge in [-0.05, 0) is 37.5 Å². The van der Waals surface area contributed by atoms with E-state index in [0.717, 1.165) is 12.5 Å². The van der Waals surface area contributed by atoms with E-state index < -0.39 is 0 Å². The molecular weight excluding hydrogens is 365 g/mol. The molecule has 3 N–H and O–H groups in total. The number of guanidine groups is 1. The highest BCUT2D eigenvalue weighted by Crippen LogP contribution is 2.43. The van der Waals surface area contributed by atoms with Crippen LogP contribution < -0.4 is 11.1 Å². The minimum absolute atomic E-state index is 0. The Morgan fingerprint density at radius 2 is 1.90 bits per heavy atom. The second-order valence-electron chi connectivity index (χ2n) is 6.51. The van der Waals surface area contributed by atoms with Crippen molar-refractivity contribution in [1.82, 2.24) is 5.32 Å². The Morgan fingerprint density at radius 3 is 2.40 bits per heavy atom. The molecule has 1 aliphatic rings. The highest BCUT2D eigenvalue weighted by Gasteiger charge is 2.34. The van der Waals surface area contributed by atoms with Crippen molar-refractivity contribution in [3.8, 4) is 0 Å². The number of aliphatic imine (C=N–C) groups is 1. The van der Waals surface area contributed by atoms with Crippen LogP contribution in [0.2, 0.25) is 0 Å². The summed E-state index contributed by atoms with van der Waals surface area (Å²) in [5.41, 5.74) is 6.35. The quantitative estimate of drug-likeness (QED) is 0.394. The molecule has 0 bridgehead atoms. The van der Waals surface area contributed by atoms with Gasteiger partial charge in [-0.15, -0.1) is 24.0 Å². The highest BCUT2D eigenvalue weighted by atomic mass is 127. The fourth-order valence-electron chi connectivity index (χ4n) is 3.26. The number of hydrogen-bond donors (Lipinski definition) is 2. The Kier molecular flexibility index (Phi) is 9.80. The van der Waals surface area contributed by atoms with Crippen LogP contribution in [-0.4, -0.2) is 32.3 Å². The summed E-state index contributed by atoms with van der Waals surface area (Å²) in [6, 6.07) is 0.207. The highest BCUT2D eigenvalue weighted by molar-refractivity contribution is 14.0. The number of rotatable bonds is 7. The first kappa shape index (κ1) is 20.0. The van der Waals surface area contributed by atoms with E-state index in [2.05, 4.69) is 24.2 Å². The van der Waals surface area contributed by atoms with Crippen molar-refractivity contribution in [3.05, 3.63) is 0 Å². The molecule has 0 amide bonds. The molecule has 20 heavy (non-hydrogen) atoms. The van der Waals surface area contributed by atoms with Gasteiger partial charge < -0.3 is 15.8 Å². The van der Waals surface area contributed by atoms with Gasteiger partial charge >= 0.3 is 0 Å². The molecule has 4 nitrogen and oxygen atoms in total. The van der Waals surface area contributed by atoms with E-state index in [0.29, 0.717) is 18.0 Å². The Bertz CT molecular complexity index is 289. The van der Waals surface area contributed by atoms with Gasteiger partial charge in [0.05, 0.1) is 6.61 Å². The molecule has 1 saturated carbocycles. The van der Waals surface area contributed by atoms with Crippen LogP contribution in [0.4, 0.5) is 0 Å². The van der Waals surface area contributed by atoms with Gasteiger partial charge in [-0.3, -0.25) is 4.99 Å². The molecule has 120 valence electrons. The monoisotopic (exact) mass is 397 g/mol. The molecule has 5 heteroatoms. The second kappa shape index (κ2) is 9.82. The van der Waals surface area contributed by atoms with Crippen molar-refractivity contribution in [2.45, 2.75) is 58.9 Å². The summed E-state index contributed by atoms with van der Waals surface area (Å²) >= 11 is 0. The van der Waals surface area contributed by atoms with Crippen molar-refractivity contribution >= 4 is 29.9 Å². The van der Waals surface area contributed by atoms with E-state index in [4.69, 9.17) is 10.5 Å². The molecule has 1 atom stereocenters. The summed E-state index contributed by atoms with van der Waals surface area (Å²) < 4.78 is 5.08. The Hall–Kier alpha value is -0.0400. The number of nitrogens with zero attached hydrogens (tertiary/aromatic N) is 1. The van der Waals surface area contributed by atoms with Crippen molar-refractivity contribution in [2.75, 3.05) is 20.3 Å². The van der Waals surface area contributed by atoms with Crippen molar-refractivity contribution in [1.29, 1.82) is 0 Å². The van der Waals surface area contributed by atoms with Crippen LogP contribution in [0, 0.1) is 11.3 Å². The first-order chi connectivity index (χ1) is 8.97. The summed E-state index contributed by atoms with van der Waals surface area (Å²) in [4.78, 5) is 4.58. The van der Waals surface area contributed by atoms with Crippen molar-refractivity contribution < 1.29 is 4.74 Å². The fraction of sp³-hybridized carbons (Fsp3) is 0.933. The Balaban J connectivity index is 0.00000361. The van der Waals surface area contributed by atoms with E-state index in [1.807, 2.05) is 6.92 Å². The van der Waals surface area contributed by atoms with Crippen LogP contribution in [-0.2, 0) is 4.74 Å². The lowest BCUT2D eigenvalue weighted by molar-refractivity contribution is 0.179. The van der Waals surface area contributed by atoms with Gasteiger partial charge in [0, 0.05) is 19.7 Å². The van der Waals surface area contributed by atoms with E-state index >= 15 is 0 Å². The molecule has 0 aliphatic heterocycles. The number of halogens is 1. The van der Waals surface area contributed by atoms with Gasteiger partial charge in [0.2, 0.25) is 0 Å². The van der Waals surface area contributed by atoms with Crippen LogP contribution in [0.5, 0.6) is 0 Å². The standard InChI is InChI=1S/C15H31N3O.HI/c1-12(2)9-15(7-5-6-8-15)11-17-14(16)18-13(3)10-19-4;/h12-13H,5-11H2,1-4H3,(H3,16,17,18);1H. The van der Waals surface area contributed by atoms with Gasteiger partial charge in [-0.2, -0.15) is 0 Å². The summed E-state index contributed by atoms with van der Waals surface area (Å²) in [5.74, 6) is 1.29. The second-order valence-corrected chi connectivity index (χ2v) is 6.51. The van der Waals surface area contributed by atoms with Crippen molar-refractivity contribution in [2.24, 2.45) is 22.1 Å². The lowest BCUT2D eigenvalue weighted by Gasteiger charge is -2.29. The maximum atomic E-state index is 5.96. The molecule has 0 aromatic rings. The van der Waals surface area contributed by atoms with Crippen LogP contribution in [0.3, 0.4) is 0 Å². The van der Waals surface area contributed by atoms with Crippen LogP contribution >= 0.6 is 24.0 Å². The molecule has 1 aliphatic carbocycles. The molecule has 0 saturated heterocycles. The van der Waals surface area contributed by atoms with E-state index in [1.165, 1.54) is 32.1 Å². The Morgan fingerprint density at radius 1 is 1.30 bits per heavy atom. The van der Waals surface area contributed by atoms with Gasteiger partial charge in [-0.1, -0.05) is 26.7 Å². The van der Waals surface area contributed by atoms with E-state index in [9.17, 15) is 0 Å². The molecular formula is C15H32IN3O. The largest absolute Gasteiger partial charge is 0.383 e. The van der Waals surface area contributed by atoms with Gasteiger partial charge in [0.15, 0.2) is 5.96 Å². The summed E-state index contributed by atoms with van der Waals surface area (Å²) in [6.07, 6.45) is 6.55. The van der Waals surface area contributed by atoms with Crippen LogP contribution in [0.15, 0.2) is 4.99 Å². The van der Waals surface area contributed by atoms with E-state index in [1.54, 1.807) is 7.11 Å². The van der Waals surface area contributed by atoms with Crippen molar-refractivity contribution in [3.63, 3.8) is 0 Å². The predicted molar refractivity (Wildman–Crippen MR) is 96.7 cm³/mol. The molecule has 0 heterocycles. The third-order valence-electron chi connectivity index (χ3n) is 3.90. The molecule has 0 aromatic carbocycles.